The first kappa shape index (κ1) is 14.0. The van der Waals surface area contributed by atoms with Crippen molar-refractivity contribution in [2.75, 3.05) is 5.32 Å². The van der Waals surface area contributed by atoms with Crippen LogP contribution in [-0.2, 0) is 4.79 Å². The van der Waals surface area contributed by atoms with Gasteiger partial charge in [0.15, 0.2) is 6.10 Å². The molecule has 0 aliphatic rings. The summed E-state index contributed by atoms with van der Waals surface area (Å²) >= 11 is 0. The average molecular weight is 267 g/mol. The Bertz CT molecular complexity index is 591. The standard InChI is InChI=1S/C17H17NO2/c1-13(14-8-4-2-5-9-14)12-16(19)17(20)18-15-10-6-3-7-11-15/h2-12,16,19H,1H3,(H,18,20)/b13-12+/t16-/m1/s1. The van der Waals surface area contributed by atoms with E-state index < -0.39 is 12.0 Å². The van der Waals surface area contributed by atoms with E-state index in [1.807, 2.05) is 55.5 Å². The van der Waals surface area contributed by atoms with Crippen molar-refractivity contribution in [2.45, 2.75) is 13.0 Å². The number of anilines is 1. The molecule has 0 unspecified atom stereocenters. The lowest BCUT2D eigenvalue weighted by molar-refractivity contribution is -0.121. The molecule has 102 valence electrons. The molecule has 0 saturated heterocycles. The van der Waals surface area contributed by atoms with Crippen molar-refractivity contribution in [3.63, 3.8) is 0 Å². The van der Waals surface area contributed by atoms with Gasteiger partial charge in [-0.2, -0.15) is 0 Å². The molecular weight excluding hydrogens is 250 g/mol. The molecule has 0 spiro atoms. The topological polar surface area (TPSA) is 49.3 Å². The third-order valence-corrected chi connectivity index (χ3v) is 2.95. The third kappa shape index (κ3) is 3.80. The summed E-state index contributed by atoms with van der Waals surface area (Å²) in [6.07, 6.45) is 0.378. The molecule has 0 aromatic heterocycles. The van der Waals surface area contributed by atoms with Crippen LogP contribution in [0.3, 0.4) is 0 Å². The van der Waals surface area contributed by atoms with E-state index in [2.05, 4.69) is 5.32 Å². The molecular formula is C17H17NO2. The average Bonchev–Trinajstić information content (AvgIpc) is 2.49. The molecule has 0 fully saturated rings. The smallest absolute Gasteiger partial charge is 0.257 e. The fourth-order valence-electron chi connectivity index (χ4n) is 1.85. The van der Waals surface area contributed by atoms with Crippen molar-refractivity contribution in [3.05, 3.63) is 72.3 Å². The Morgan fingerprint density at radius 1 is 1.05 bits per heavy atom. The zero-order valence-corrected chi connectivity index (χ0v) is 11.3. The number of carbonyl (C=O) groups is 1. The summed E-state index contributed by atoms with van der Waals surface area (Å²) in [5, 5.41) is 12.6. The Morgan fingerprint density at radius 2 is 1.60 bits per heavy atom. The van der Waals surface area contributed by atoms with Crippen molar-refractivity contribution in [1.29, 1.82) is 0 Å². The van der Waals surface area contributed by atoms with Gasteiger partial charge < -0.3 is 10.4 Å². The van der Waals surface area contributed by atoms with Crippen LogP contribution in [0.1, 0.15) is 12.5 Å². The van der Waals surface area contributed by atoms with Crippen LogP contribution in [0.5, 0.6) is 0 Å². The van der Waals surface area contributed by atoms with Crippen LogP contribution in [0.25, 0.3) is 5.57 Å². The summed E-state index contributed by atoms with van der Waals surface area (Å²) in [4.78, 5) is 11.9. The van der Waals surface area contributed by atoms with Crippen LogP contribution >= 0.6 is 0 Å². The van der Waals surface area contributed by atoms with Crippen LogP contribution in [0.2, 0.25) is 0 Å². The minimum Gasteiger partial charge on any atom is -0.379 e. The van der Waals surface area contributed by atoms with E-state index in [1.54, 1.807) is 18.2 Å². The van der Waals surface area contributed by atoms with Gasteiger partial charge in [-0.25, -0.2) is 0 Å². The second-order valence-electron chi connectivity index (χ2n) is 4.52. The highest BCUT2D eigenvalue weighted by atomic mass is 16.3. The first-order chi connectivity index (χ1) is 9.66. The van der Waals surface area contributed by atoms with E-state index in [0.29, 0.717) is 5.69 Å². The van der Waals surface area contributed by atoms with Crippen molar-refractivity contribution in [2.24, 2.45) is 0 Å². The number of hydrogen-bond donors (Lipinski definition) is 2. The van der Waals surface area contributed by atoms with Gasteiger partial charge in [0.2, 0.25) is 0 Å². The Kier molecular flexibility index (Phi) is 4.69. The molecule has 0 heterocycles. The lowest BCUT2D eigenvalue weighted by Crippen LogP contribution is -2.25. The molecule has 3 nitrogen and oxygen atoms in total. The molecule has 2 aromatic rings. The van der Waals surface area contributed by atoms with Crippen LogP contribution in [0.4, 0.5) is 5.69 Å². The molecule has 0 aliphatic heterocycles. The van der Waals surface area contributed by atoms with Crippen LogP contribution in [0, 0.1) is 0 Å². The molecule has 2 rings (SSSR count). The van der Waals surface area contributed by atoms with E-state index >= 15 is 0 Å². The predicted octanol–water partition coefficient (Wildman–Crippen LogP) is 3.09. The highest BCUT2D eigenvalue weighted by molar-refractivity contribution is 5.96. The number of allylic oxidation sites excluding steroid dienone is 1. The normalized spacial score (nSPS) is 12.8. The summed E-state index contributed by atoms with van der Waals surface area (Å²) in [7, 11) is 0. The third-order valence-electron chi connectivity index (χ3n) is 2.95. The first-order valence-corrected chi connectivity index (χ1v) is 6.44. The summed E-state index contributed by atoms with van der Waals surface area (Å²) < 4.78 is 0. The molecule has 20 heavy (non-hydrogen) atoms. The molecule has 0 bridgehead atoms. The maximum Gasteiger partial charge on any atom is 0.257 e. The lowest BCUT2D eigenvalue weighted by Gasteiger charge is -2.09. The SMILES string of the molecule is C/C(=C\[C@@H](O)C(=O)Nc1ccccc1)c1ccccc1. The van der Waals surface area contributed by atoms with Crippen molar-refractivity contribution < 1.29 is 9.90 Å². The number of aliphatic hydroxyl groups excluding tert-OH is 1. The number of aliphatic hydroxyl groups is 1. The second-order valence-corrected chi connectivity index (χ2v) is 4.52. The van der Waals surface area contributed by atoms with Crippen LogP contribution in [0.15, 0.2) is 66.7 Å². The number of benzene rings is 2. The summed E-state index contributed by atoms with van der Waals surface area (Å²) in [5.74, 6) is -0.438. The number of hydrogen-bond acceptors (Lipinski definition) is 2. The molecule has 1 atom stereocenters. The van der Waals surface area contributed by atoms with Gasteiger partial charge in [-0.05, 0) is 36.3 Å². The lowest BCUT2D eigenvalue weighted by atomic mass is 10.1. The number of para-hydroxylation sites is 1. The number of carbonyl (C=O) groups excluding carboxylic acids is 1. The Balaban J connectivity index is 2.04. The highest BCUT2D eigenvalue weighted by Gasteiger charge is 2.12. The fraction of sp³-hybridized carbons (Fsp3) is 0.118. The summed E-state index contributed by atoms with van der Waals surface area (Å²) in [6.45, 7) is 1.87. The monoisotopic (exact) mass is 267 g/mol. The molecule has 2 N–H and O–H groups in total. The molecule has 3 heteroatoms. The van der Waals surface area contributed by atoms with Gasteiger partial charge in [-0.15, -0.1) is 0 Å². The Labute approximate surface area is 118 Å². The maximum atomic E-state index is 11.9. The minimum absolute atomic E-state index is 0.438. The number of rotatable bonds is 4. The fourth-order valence-corrected chi connectivity index (χ4v) is 1.85. The van der Waals surface area contributed by atoms with E-state index in [4.69, 9.17) is 0 Å². The zero-order chi connectivity index (χ0) is 14.4. The Morgan fingerprint density at radius 3 is 2.20 bits per heavy atom. The van der Waals surface area contributed by atoms with Gasteiger partial charge in [0.25, 0.3) is 5.91 Å². The number of amides is 1. The largest absolute Gasteiger partial charge is 0.379 e. The van der Waals surface area contributed by atoms with Crippen LogP contribution < -0.4 is 5.32 Å². The van der Waals surface area contributed by atoms with Gasteiger partial charge in [0, 0.05) is 5.69 Å². The molecule has 0 saturated carbocycles. The first-order valence-electron chi connectivity index (χ1n) is 6.44. The zero-order valence-electron chi connectivity index (χ0n) is 11.3. The quantitative estimate of drug-likeness (QED) is 0.894. The molecule has 0 aliphatic carbocycles. The van der Waals surface area contributed by atoms with Gasteiger partial charge in [-0.3, -0.25) is 4.79 Å². The van der Waals surface area contributed by atoms with Crippen molar-refractivity contribution >= 4 is 17.2 Å². The predicted molar refractivity (Wildman–Crippen MR) is 81.2 cm³/mol. The van der Waals surface area contributed by atoms with Gasteiger partial charge in [-0.1, -0.05) is 48.5 Å². The van der Waals surface area contributed by atoms with Gasteiger partial charge in [0.05, 0.1) is 0 Å². The van der Waals surface area contributed by atoms with Gasteiger partial charge in [0.1, 0.15) is 0 Å². The molecule has 0 radical (unpaired) electrons. The molecule has 1 amide bonds. The number of nitrogens with one attached hydrogen (secondary N) is 1. The molecule has 2 aromatic carbocycles. The maximum absolute atomic E-state index is 11.9. The Hall–Kier alpha value is -2.39. The van der Waals surface area contributed by atoms with Crippen LogP contribution in [-0.4, -0.2) is 17.1 Å². The van der Waals surface area contributed by atoms with E-state index in [9.17, 15) is 9.90 Å². The van der Waals surface area contributed by atoms with E-state index in [0.717, 1.165) is 11.1 Å². The van der Waals surface area contributed by atoms with E-state index in [-0.39, 0.29) is 0 Å². The second kappa shape index (κ2) is 6.68. The summed E-state index contributed by atoms with van der Waals surface area (Å²) in [6, 6.07) is 18.7. The minimum atomic E-state index is -1.17. The van der Waals surface area contributed by atoms with E-state index in [1.165, 1.54) is 0 Å². The summed E-state index contributed by atoms with van der Waals surface area (Å²) in [5.41, 5.74) is 2.52. The van der Waals surface area contributed by atoms with Gasteiger partial charge >= 0.3 is 0 Å². The van der Waals surface area contributed by atoms with Crippen molar-refractivity contribution in [3.8, 4) is 0 Å². The van der Waals surface area contributed by atoms with Crippen molar-refractivity contribution in [1.82, 2.24) is 0 Å². The highest BCUT2D eigenvalue weighted by Crippen LogP contribution is 2.14.